The molecule has 0 aromatic heterocycles. The Morgan fingerprint density at radius 2 is 1.90 bits per heavy atom. The van der Waals surface area contributed by atoms with Gasteiger partial charge in [-0.2, -0.15) is 0 Å². The van der Waals surface area contributed by atoms with Crippen molar-refractivity contribution in [2.75, 3.05) is 14.1 Å². The third-order valence-electron chi connectivity index (χ3n) is 6.96. The topological polar surface area (TPSA) is 170 Å². The number of primary amides is 1. The molecule has 0 bridgehead atoms. The minimum atomic E-state index is -1.59. The van der Waals surface area contributed by atoms with E-state index in [1.807, 2.05) is 0 Å². The van der Waals surface area contributed by atoms with E-state index in [2.05, 4.69) is 0 Å². The number of allylic oxidation sites excluding steroid dienone is 1. The molecule has 0 aliphatic heterocycles. The number of carbonyl (C=O) groups excluding carboxylic acids is 2. The molecule has 1 fully saturated rings. The summed E-state index contributed by atoms with van der Waals surface area (Å²) in [4.78, 5) is 27.2. The molecule has 1 aromatic rings. The van der Waals surface area contributed by atoms with Crippen LogP contribution in [0.1, 0.15) is 23.1 Å². The van der Waals surface area contributed by atoms with Gasteiger partial charge in [0.1, 0.15) is 17.3 Å². The average molecular weight is 429 g/mol. The molecule has 8 N–H and O–H groups in total. The van der Waals surface area contributed by atoms with Crippen LogP contribution >= 0.6 is 0 Å². The Morgan fingerprint density at radius 1 is 1.23 bits per heavy atom. The van der Waals surface area contributed by atoms with E-state index in [1.54, 1.807) is 25.1 Å². The highest BCUT2D eigenvalue weighted by Gasteiger charge is 2.55. The predicted octanol–water partition coefficient (Wildman–Crippen LogP) is 0.0996. The maximum Gasteiger partial charge on any atom is 0.250 e. The molecule has 9 nitrogen and oxygen atoms in total. The number of fused-ring (bicyclic) bond motifs is 3. The van der Waals surface area contributed by atoms with E-state index in [9.17, 15) is 30.0 Å². The number of likely N-dealkylation sites (N-methyl/N-ethyl adjacent to an activating group) is 1. The van der Waals surface area contributed by atoms with Gasteiger partial charge in [0.2, 0.25) is 0 Å². The number of aromatic hydroxyl groups is 1. The van der Waals surface area contributed by atoms with Gasteiger partial charge in [0.05, 0.1) is 29.2 Å². The van der Waals surface area contributed by atoms with Gasteiger partial charge in [-0.25, -0.2) is 0 Å². The van der Waals surface area contributed by atoms with Gasteiger partial charge in [0.15, 0.2) is 5.78 Å². The molecule has 0 saturated heterocycles. The van der Waals surface area contributed by atoms with Crippen molar-refractivity contribution >= 4 is 17.4 Å². The number of carbonyl (C=O) groups is 2. The summed E-state index contributed by atoms with van der Waals surface area (Å²) in [7, 11) is 3.42. The predicted molar refractivity (Wildman–Crippen MR) is 112 cm³/mol. The molecule has 1 amide bonds. The Kier molecular flexibility index (Phi) is 5.07. The first-order chi connectivity index (χ1) is 14.6. The number of phenols is 1. The summed E-state index contributed by atoms with van der Waals surface area (Å²) in [6.07, 6.45) is -0.823. The Labute approximate surface area is 179 Å². The van der Waals surface area contributed by atoms with Gasteiger partial charge >= 0.3 is 0 Å². The molecule has 0 spiro atoms. The molecule has 0 heterocycles. The number of ketones is 1. The average Bonchev–Trinajstić information content (AvgIpc) is 2.67. The monoisotopic (exact) mass is 429 g/mol. The third-order valence-corrected chi connectivity index (χ3v) is 6.96. The molecule has 3 aliphatic rings. The lowest BCUT2D eigenvalue weighted by Gasteiger charge is -2.48. The van der Waals surface area contributed by atoms with Gasteiger partial charge in [0.25, 0.3) is 5.91 Å². The van der Waals surface area contributed by atoms with Crippen LogP contribution in [0.15, 0.2) is 29.0 Å². The zero-order valence-electron chi connectivity index (χ0n) is 17.4. The van der Waals surface area contributed by atoms with E-state index < -0.39 is 35.7 Å². The summed E-state index contributed by atoms with van der Waals surface area (Å²) in [5, 5.41) is 43.0. The fourth-order valence-corrected chi connectivity index (χ4v) is 5.71. The SMILES string of the molecule is CN(C)[C@@H]1C(O)=C(C(N)=O)C(O)C2C(=O)C3=C(O)c4c(O)ccc(CN)c4CC3C[C@H]21. The van der Waals surface area contributed by atoms with Gasteiger partial charge in [-0.05, 0) is 56.0 Å². The maximum atomic E-state index is 13.6. The number of nitrogens with two attached hydrogens (primary N) is 2. The van der Waals surface area contributed by atoms with E-state index in [0.29, 0.717) is 18.4 Å². The van der Waals surface area contributed by atoms with Crippen LogP contribution in [-0.2, 0) is 22.6 Å². The maximum absolute atomic E-state index is 13.6. The zero-order chi connectivity index (χ0) is 22.8. The lowest BCUT2D eigenvalue weighted by atomic mass is 9.59. The standard InChI is InChI=1S/C22H27N3O6/c1-25(2)17-11-6-9-5-10-8(7-23)3-4-12(26)14(10)18(27)13(9)19(28)15(11)20(29)16(21(17)30)22(24)31/h3-4,9,11,15,17,20,26-27,29-30H,5-7,23H2,1-2H3,(H2,24,31)/t9?,11-,15?,17+,20?/m1/s1. The largest absolute Gasteiger partial charge is 0.510 e. The number of nitrogens with zero attached hydrogens (tertiary/aromatic N) is 1. The van der Waals surface area contributed by atoms with Crippen LogP contribution in [0.25, 0.3) is 5.76 Å². The molecular formula is C22H27N3O6. The molecule has 1 saturated carbocycles. The van der Waals surface area contributed by atoms with Crippen LogP contribution in [0.4, 0.5) is 0 Å². The Hall–Kier alpha value is -2.88. The fraction of sp³-hybridized carbons (Fsp3) is 0.455. The molecule has 1 aromatic carbocycles. The van der Waals surface area contributed by atoms with Crippen LogP contribution in [0, 0.1) is 17.8 Å². The number of rotatable bonds is 3. The number of Topliss-reactive ketones (excluding diaryl/α,β-unsaturated/α-hetero) is 1. The summed E-state index contributed by atoms with van der Waals surface area (Å²) in [5.74, 6) is -4.25. The highest BCUT2D eigenvalue weighted by atomic mass is 16.3. The van der Waals surface area contributed by atoms with E-state index in [-0.39, 0.29) is 46.4 Å². The molecule has 3 unspecified atom stereocenters. The first-order valence-corrected chi connectivity index (χ1v) is 10.2. The molecule has 31 heavy (non-hydrogen) atoms. The summed E-state index contributed by atoms with van der Waals surface area (Å²) < 4.78 is 0. The highest BCUT2D eigenvalue weighted by Crippen LogP contribution is 2.51. The minimum Gasteiger partial charge on any atom is -0.510 e. The molecule has 0 radical (unpaired) electrons. The van der Waals surface area contributed by atoms with Gasteiger partial charge in [-0.15, -0.1) is 0 Å². The number of amides is 1. The molecule has 4 rings (SSSR count). The van der Waals surface area contributed by atoms with Crippen LogP contribution in [0.5, 0.6) is 5.75 Å². The number of hydrogen-bond acceptors (Lipinski definition) is 8. The number of aliphatic hydroxyl groups excluding tert-OH is 3. The van der Waals surface area contributed by atoms with Crippen molar-refractivity contribution in [2.45, 2.75) is 31.5 Å². The number of hydrogen-bond donors (Lipinski definition) is 6. The van der Waals surface area contributed by atoms with Crippen molar-refractivity contribution in [3.63, 3.8) is 0 Å². The van der Waals surface area contributed by atoms with Crippen molar-refractivity contribution in [1.82, 2.24) is 4.90 Å². The van der Waals surface area contributed by atoms with E-state index in [0.717, 1.165) is 5.56 Å². The van der Waals surface area contributed by atoms with Gasteiger partial charge < -0.3 is 31.9 Å². The molecule has 5 atom stereocenters. The number of aliphatic hydroxyl groups is 3. The summed E-state index contributed by atoms with van der Waals surface area (Å²) in [6.45, 7) is 0.211. The second-order valence-corrected chi connectivity index (χ2v) is 8.77. The van der Waals surface area contributed by atoms with Crippen LogP contribution < -0.4 is 11.5 Å². The van der Waals surface area contributed by atoms with Crippen LogP contribution in [0.3, 0.4) is 0 Å². The lowest BCUT2D eigenvalue weighted by Crippen LogP contribution is -2.57. The Morgan fingerprint density at radius 3 is 2.48 bits per heavy atom. The molecule has 166 valence electrons. The van der Waals surface area contributed by atoms with E-state index in [4.69, 9.17) is 11.5 Å². The summed E-state index contributed by atoms with van der Waals surface area (Å²) >= 11 is 0. The Balaban J connectivity index is 1.90. The Bertz CT molecular complexity index is 1040. The van der Waals surface area contributed by atoms with Crippen molar-refractivity contribution in [1.29, 1.82) is 0 Å². The second-order valence-electron chi connectivity index (χ2n) is 8.77. The van der Waals surface area contributed by atoms with Crippen LogP contribution in [0.2, 0.25) is 0 Å². The minimum absolute atomic E-state index is 0.125. The zero-order valence-corrected chi connectivity index (χ0v) is 17.4. The first kappa shape index (κ1) is 21.4. The van der Waals surface area contributed by atoms with E-state index >= 15 is 0 Å². The number of benzene rings is 1. The summed E-state index contributed by atoms with van der Waals surface area (Å²) in [6, 6.07) is 2.43. The highest BCUT2D eigenvalue weighted by molar-refractivity contribution is 6.07. The third kappa shape index (κ3) is 2.95. The smallest absolute Gasteiger partial charge is 0.250 e. The van der Waals surface area contributed by atoms with E-state index in [1.165, 1.54) is 6.07 Å². The quantitative estimate of drug-likeness (QED) is 0.393. The van der Waals surface area contributed by atoms with Crippen molar-refractivity contribution in [3.05, 3.63) is 45.7 Å². The van der Waals surface area contributed by atoms with Gasteiger partial charge in [-0.3, -0.25) is 14.5 Å². The fourth-order valence-electron chi connectivity index (χ4n) is 5.71. The normalized spacial score (nSPS) is 30.2. The van der Waals surface area contributed by atoms with Crippen molar-refractivity contribution in [3.8, 4) is 5.75 Å². The van der Waals surface area contributed by atoms with Gasteiger partial charge in [0, 0.05) is 12.1 Å². The molecule has 3 aliphatic carbocycles. The van der Waals surface area contributed by atoms with Gasteiger partial charge in [-0.1, -0.05) is 6.07 Å². The second kappa shape index (κ2) is 7.37. The molecular weight excluding hydrogens is 402 g/mol. The van der Waals surface area contributed by atoms with Crippen LogP contribution in [-0.4, -0.2) is 63.3 Å². The lowest BCUT2D eigenvalue weighted by molar-refractivity contribution is -0.131. The number of phenolic OH excluding ortho intramolecular Hbond substituents is 1. The first-order valence-electron chi connectivity index (χ1n) is 10.2. The summed E-state index contributed by atoms with van der Waals surface area (Å²) in [5.41, 5.74) is 12.6. The van der Waals surface area contributed by atoms with Crippen molar-refractivity contribution in [2.24, 2.45) is 29.2 Å². The molecule has 9 heteroatoms. The van der Waals surface area contributed by atoms with Crippen molar-refractivity contribution < 1.29 is 30.0 Å².